The highest BCUT2D eigenvalue weighted by Gasteiger charge is 2.11. The lowest BCUT2D eigenvalue weighted by Gasteiger charge is -2.00. The van der Waals surface area contributed by atoms with E-state index in [1.807, 2.05) is 13.0 Å². The van der Waals surface area contributed by atoms with Crippen LogP contribution in [0.3, 0.4) is 0 Å². The van der Waals surface area contributed by atoms with Crippen molar-refractivity contribution >= 4 is 55.6 Å². The Hall–Kier alpha value is -3.78. The second kappa shape index (κ2) is 8.53. The Kier molecular flexibility index (Phi) is 5.64. The van der Waals surface area contributed by atoms with Crippen LogP contribution in [-0.2, 0) is 9.53 Å². The Labute approximate surface area is 181 Å². The standard InChI is InChI=1S/C23H18N2O5S/c1-3-29-22(28)14-5-7-17-19(11-14)31-23(24-17)25-20(26)9-6-15-12-30-18-8-4-13(2)10-16(18)21(15)27/h4-12H,3H2,1-2H3,(H,24,25,26)/b9-6+. The molecule has 1 N–H and O–H groups in total. The van der Waals surface area contributed by atoms with Crippen LogP contribution in [0.15, 0.2) is 57.9 Å². The Bertz CT molecular complexity index is 1400. The highest BCUT2D eigenvalue weighted by Crippen LogP contribution is 2.27. The molecule has 7 nitrogen and oxygen atoms in total. The summed E-state index contributed by atoms with van der Waals surface area (Å²) in [6, 6.07) is 10.4. The third kappa shape index (κ3) is 4.39. The number of aryl methyl sites for hydroxylation is 1. The third-order valence-electron chi connectivity index (χ3n) is 4.50. The van der Waals surface area contributed by atoms with Crippen LogP contribution < -0.4 is 10.7 Å². The van der Waals surface area contributed by atoms with Crippen LogP contribution in [0.2, 0.25) is 0 Å². The van der Waals surface area contributed by atoms with Gasteiger partial charge >= 0.3 is 5.97 Å². The minimum Gasteiger partial charge on any atom is -0.463 e. The summed E-state index contributed by atoms with van der Waals surface area (Å²) < 4.78 is 11.2. The van der Waals surface area contributed by atoms with Crippen LogP contribution >= 0.6 is 11.3 Å². The largest absolute Gasteiger partial charge is 0.463 e. The Morgan fingerprint density at radius 1 is 1.23 bits per heavy atom. The molecule has 0 aliphatic carbocycles. The number of nitrogens with zero attached hydrogens (tertiary/aromatic N) is 1. The van der Waals surface area contributed by atoms with E-state index in [-0.39, 0.29) is 11.0 Å². The van der Waals surface area contributed by atoms with E-state index in [0.29, 0.717) is 33.8 Å². The first kappa shape index (κ1) is 20.5. The van der Waals surface area contributed by atoms with E-state index < -0.39 is 11.9 Å². The van der Waals surface area contributed by atoms with Gasteiger partial charge in [-0.1, -0.05) is 23.0 Å². The normalized spacial score (nSPS) is 11.3. The van der Waals surface area contributed by atoms with Crippen molar-refractivity contribution in [3.05, 3.63) is 75.7 Å². The molecule has 0 bridgehead atoms. The number of thiazole rings is 1. The Morgan fingerprint density at radius 2 is 2.06 bits per heavy atom. The van der Waals surface area contributed by atoms with Gasteiger partial charge in [0.25, 0.3) is 0 Å². The molecule has 156 valence electrons. The maximum absolute atomic E-state index is 12.6. The molecule has 4 rings (SSSR count). The molecule has 0 aliphatic rings. The van der Waals surface area contributed by atoms with E-state index in [0.717, 1.165) is 10.3 Å². The van der Waals surface area contributed by atoms with Crippen molar-refractivity contribution in [2.24, 2.45) is 0 Å². The second-order valence-electron chi connectivity index (χ2n) is 6.76. The van der Waals surface area contributed by atoms with Crippen molar-refractivity contribution in [1.82, 2.24) is 4.98 Å². The van der Waals surface area contributed by atoms with Gasteiger partial charge in [0.05, 0.1) is 33.3 Å². The van der Waals surface area contributed by atoms with Crippen molar-refractivity contribution in [3.63, 3.8) is 0 Å². The average Bonchev–Trinajstić information content (AvgIpc) is 3.15. The molecule has 0 saturated carbocycles. The predicted octanol–water partition coefficient (Wildman–Crippen LogP) is 4.54. The van der Waals surface area contributed by atoms with E-state index in [1.165, 1.54) is 29.8 Å². The van der Waals surface area contributed by atoms with Gasteiger partial charge in [-0.05, 0) is 50.3 Å². The number of fused-ring (bicyclic) bond motifs is 2. The molecule has 2 aromatic heterocycles. The summed E-state index contributed by atoms with van der Waals surface area (Å²) in [6.45, 7) is 3.93. The number of aromatic nitrogens is 1. The van der Waals surface area contributed by atoms with E-state index in [1.54, 1.807) is 37.3 Å². The first-order chi connectivity index (χ1) is 14.9. The second-order valence-corrected chi connectivity index (χ2v) is 7.80. The molecule has 0 fully saturated rings. The van der Waals surface area contributed by atoms with Crippen molar-refractivity contribution in [2.75, 3.05) is 11.9 Å². The number of carbonyl (C=O) groups excluding carboxylic acids is 2. The molecule has 0 atom stereocenters. The van der Waals surface area contributed by atoms with Gasteiger partial charge in [0, 0.05) is 6.08 Å². The molecule has 2 aromatic carbocycles. The van der Waals surface area contributed by atoms with E-state index in [2.05, 4.69) is 10.3 Å². The van der Waals surface area contributed by atoms with Crippen LogP contribution in [0, 0.1) is 6.92 Å². The summed E-state index contributed by atoms with van der Waals surface area (Å²) >= 11 is 1.24. The Balaban J connectivity index is 1.52. The maximum Gasteiger partial charge on any atom is 0.338 e. The number of hydrogen-bond acceptors (Lipinski definition) is 7. The summed E-state index contributed by atoms with van der Waals surface area (Å²) in [4.78, 5) is 41.1. The number of anilines is 1. The van der Waals surface area contributed by atoms with Gasteiger partial charge in [-0.15, -0.1) is 0 Å². The van der Waals surface area contributed by atoms with Gasteiger partial charge in [-0.3, -0.25) is 14.9 Å². The average molecular weight is 434 g/mol. The highest BCUT2D eigenvalue weighted by atomic mass is 32.1. The third-order valence-corrected chi connectivity index (χ3v) is 5.43. The number of nitrogens with one attached hydrogen (secondary N) is 1. The first-order valence-corrected chi connectivity index (χ1v) is 10.3. The van der Waals surface area contributed by atoms with E-state index in [9.17, 15) is 14.4 Å². The lowest BCUT2D eigenvalue weighted by Crippen LogP contribution is -2.09. The van der Waals surface area contributed by atoms with Crippen molar-refractivity contribution < 1.29 is 18.7 Å². The Morgan fingerprint density at radius 3 is 2.87 bits per heavy atom. The fraction of sp³-hybridized carbons (Fsp3) is 0.130. The summed E-state index contributed by atoms with van der Waals surface area (Å²) in [7, 11) is 0. The number of ether oxygens (including phenoxy) is 1. The minimum absolute atomic E-state index is 0.208. The number of esters is 1. The summed E-state index contributed by atoms with van der Waals surface area (Å²) in [5.41, 5.74) is 2.59. The lowest BCUT2D eigenvalue weighted by molar-refractivity contribution is -0.111. The molecule has 0 saturated heterocycles. The number of amides is 1. The summed E-state index contributed by atoms with van der Waals surface area (Å²) in [6.07, 6.45) is 4.00. The van der Waals surface area contributed by atoms with Crippen molar-refractivity contribution in [2.45, 2.75) is 13.8 Å². The van der Waals surface area contributed by atoms with Gasteiger partial charge in [0.15, 0.2) is 10.6 Å². The van der Waals surface area contributed by atoms with Crippen LogP contribution in [-0.4, -0.2) is 23.5 Å². The molecular weight excluding hydrogens is 416 g/mol. The SMILES string of the molecule is CCOC(=O)c1ccc2nc(NC(=O)/C=C/c3coc4ccc(C)cc4c3=O)sc2c1. The van der Waals surface area contributed by atoms with Crippen LogP contribution in [0.1, 0.15) is 28.4 Å². The summed E-state index contributed by atoms with van der Waals surface area (Å²) in [5.74, 6) is -0.843. The molecule has 2 heterocycles. The predicted molar refractivity (Wildman–Crippen MR) is 120 cm³/mol. The maximum atomic E-state index is 12.6. The molecule has 31 heavy (non-hydrogen) atoms. The lowest BCUT2D eigenvalue weighted by atomic mass is 10.1. The van der Waals surface area contributed by atoms with Gasteiger partial charge in [-0.25, -0.2) is 9.78 Å². The van der Waals surface area contributed by atoms with Gasteiger partial charge in [0.1, 0.15) is 11.8 Å². The quantitative estimate of drug-likeness (QED) is 0.366. The first-order valence-electron chi connectivity index (χ1n) is 9.53. The zero-order valence-electron chi connectivity index (χ0n) is 16.8. The zero-order chi connectivity index (χ0) is 22.0. The van der Waals surface area contributed by atoms with Crippen LogP contribution in [0.4, 0.5) is 5.13 Å². The van der Waals surface area contributed by atoms with Crippen molar-refractivity contribution in [3.8, 4) is 0 Å². The molecule has 1 amide bonds. The van der Waals surface area contributed by atoms with Crippen molar-refractivity contribution in [1.29, 1.82) is 0 Å². The molecule has 0 aliphatic heterocycles. The fourth-order valence-corrected chi connectivity index (χ4v) is 3.92. The fourth-order valence-electron chi connectivity index (χ4n) is 3.01. The molecule has 0 radical (unpaired) electrons. The number of hydrogen-bond donors (Lipinski definition) is 1. The van der Waals surface area contributed by atoms with Gasteiger partial charge < -0.3 is 9.15 Å². The molecule has 0 spiro atoms. The van der Waals surface area contributed by atoms with Crippen LogP contribution in [0.5, 0.6) is 0 Å². The molecule has 8 heteroatoms. The van der Waals surface area contributed by atoms with Crippen LogP contribution in [0.25, 0.3) is 27.3 Å². The topological polar surface area (TPSA) is 98.5 Å². The number of carbonyl (C=O) groups is 2. The number of rotatable bonds is 5. The zero-order valence-corrected chi connectivity index (χ0v) is 17.6. The minimum atomic E-state index is -0.437. The smallest absolute Gasteiger partial charge is 0.338 e. The molecule has 4 aromatic rings. The highest BCUT2D eigenvalue weighted by molar-refractivity contribution is 7.22. The molecule has 0 unspecified atom stereocenters. The van der Waals surface area contributed by atoms with Gasteiger partial charge in [-0.2, -0.15) is 0 Å². The summed E-state index contributed by atoms with van der Waals surface area (Å²) in [5, 5.41) is 3.52. The van der Waals surface area contributed by atoms with E-state index in [4.69, 9.17) is 9.15 Å². The monoisotopic (exact) mass is 434 g/mol. The molecular formula is C23H18N2O5S. The number of benzene rings is 2. The van der Waals surface area contributed by atoms with Gasteiger partial charge in [0.2, 0.25) is 5.91 Å². The van der Waals surface area contributed by atoms with E-state index >= 15 is 0 Å².